The summed E-state index contributed by atoms with van der Waals surface area (Å²) in [5.74, 6) is -1.82. The molecule has 27 heavy (non-hydrogen) atoms. The second kappa shape index (κ2) is 7.46. The lowest BCUT2D eigenvalue weighted by Gasteiger charge is -2.26. The Morgan fingerprint density at radius 2 is 1.85 bits per heavy atom. The van der Waals surface area contributed by atoms with Gasteiger partial charge in [0.1, 0.15) is 11.3 Å². The number of phenolic OH excluding ortho intramolecular Hbond substituents is 1. The maximum Gasteiger partial charge on any atom is 0.335 e. The fourth-order valence-corrected chi connectivity index (χ4v) is 3.90. The highest BCUT2D eigenvalue weighted by Crippen LogP contribution is 2.34. The van der Waals surface area contributed by atoms with Crippen LogP contribution in [0.5, 0.6) is 5.75 Å². The molecule has 0 unspecified atom stereocenters. The minimum Gasteiger partial charge on any atom is -0.506 e. The molecule has 0 spiro atoms. The molecule has 1 fully saturated rings. The predicted molar refractivity (Wildman–Crippen MR) is 109 cm³/mol. The summed E-state index contributed by atoms with van der Waals surface area (Å²) in [6.45, 7) is 1.78. The van der Waals surface area contributed by atoms with E-state index in [0.717, 1.165) is 10.5 Å². The normalized spacial score (nSPS) is 16.1. The highest BCUT2D eigenvalue weighted by molar-refractivity contribution is 9.11. The minimum atomic E-state index is -0.873. The smallest absolute Gasteiger partial charge is 0.335 e. The number of amides is 4. The molecule has 0 aromatic heterocycles. The van der Waals surface area contributed by atoms with Crippen LogP contribution in [0.25, 0.3) is 6.08 Å². The Balaban J connectivity index is 2.09. The maximum absolute atomic E-state index is 12.9. The van der Waals surface area contributed by atoms with Gasteiger partial charge in [0, 0.05) is 15.1 Å². The summed E-state index contributed by atoms with van der Waals surface area (Å²) in [5, 5.41) is 12.7. The van der Waals surface area contributed by atoms with Gasteiger partial charge in [0.05, 0.1) is 10.2 Å². The number of benzene rings is 2. The highest BCUT2D eigenvalue weighted by atomic mass is 79.9. The first-order chi connectivity index (χ1) is 12.7. The molecule has 1 aliphatic heterocycles. The molecule has 0 radical (unpaired) electrons. The number of urea groups is 1. The fraction of sp³-hybridized carbons (Fsp3) is 0.0556. The molecule has 138 valence electrons. The summed E-state index contributed by atoms with van der Waals surface area (Å²) >= 11 is 12.6. The van der Waals surface area contributed by atoms with Gasteiger partial charge in [0.25, 0.3) is 11.8 Å². The molecule has 0 aliphatic carbocycles. The minimum absolute atomic E-state index is 0.145. The van der Waals surface area contributed by atoms with E-state index in [9.17, 15) is 19.5 Å². The molecule has 0 bridgehead atoms. The summed E-state index contributed by atoms with van der Waals surface area (Å²) < 4.78 is 1.01. The van der Waals surface area contributed by atoms with Crippen molar-refractivity contribution in [2.24, 2.45) is 0 Å². The van der Waals surface area contributed by atoms with Crippen LogP contribution in [0, 0.1) is 6.92 Å². The molecule has 2 N–H and O–H groups in total. The topological polar surface area (TPSA) is 86.7 Å². The van der Waals surface area contributed by atoms with E-state index in [1.165, 1.54) is 18.2 Å². The van der Waals surface area contributed by atoms with Crippen LogP contribution >= 0.6 is 43.5 Å². The maximum atomic E-state index is 12.9. The van der Waals surface area contributed by atoms with Crippen LogP contribution in [-0.4, -0.2) is 23.0 Å². The zero-order chi connectivity index (χ0) is 19.9. The van der Waals surface area contributed by atoms with Gasteiger partial charge in [-0.25, -0.2) is 9.69 Å². The first kappa shape index (κ1) is 19.6. The van der Waals surface area contributed by atoms with Gasteiger partial charge in [-0.1, -0.05) is 33.6 Å². The number of rotatable bonds is 2. The molecule has 0 atom stereocenters. The number of aryl methyl sites for hydroxylation is 1. The van der Waals surface area contributed by atoms with Gasteiger partial charge < -0.3 is 5.11 Å². The van der Waals surface area contributed by atoms with Crippen molar-refractivity contribution in [1.29, 1.82) is 0 Å². The predicted octanol–water partition coefficient (Wildman–Crippen LogP) is 4.55. The first-order valence-electron chi connectivity index (χ1n) is 7.54. The number of hydrogen-bond acceptors (Lipinski definition) is 4. The molecule has 1 heterocycles. The molecule has 1 aliphatic rings. The van der Waals surface area contributed by atoms with Crippen LogP contribution in [0.1, 0.15) is 11.1 Å². The van der Waals surface area contributed by atoms with Crippen LogP contribution in [0.15, 0.2) is 44.9 Å². The van der Waals surface area contributed by atoms with Crippen molar-refractivity contribution in [3.63, 3.8) is 0 Å². The third-order valence-electron chi connectivity index (χ3n) is 3.87. The number of halogens is 3. The van der Waals surface area contributed by atoms with E-state index < -0.39 is 17.8 Å². The van der Waals surface area contributed by atoms with E-state index in [1.54, 1.807) is 25.1 Å². The SMILES string of the molecule is Cc1ccc(N2C(=O)NC(=O)/C(=C\c3cc(Br)cc(Br)c3O)C2=O)cc1Cl. The Morgan fingerprint density at radius 3 is 2.52 bits per heavy atom. The molecule has 9 heteroatoms. The van der Waals surface area contributed by atoms with Gasteiger partial charge in [-0.15, -0.1) is 0 Å². The molecule has 2 aromatic carbocycles. The lowest BCUT2D eigenvalue weighted by atomic mass is 10.1. The van der Waals surface area contributed by atoms with E-state index in [0.29, 0.717) is 14.0 Å². The monoisotopic (exact) mass is 512 g/mol. The number of phenols is 1. The Bertz CT molecular complexity index is 1040. The van der Waals surface area contributed by atoms with Crippen molar-refractivity contribution < 1.29 is 19.5 Å². The average Bonchev–Trinajstić information content (AvgIpc) is 2.58. The van der Waals surface area contributed by atoms with E-state index >= 15 is 0 Å². The third-order valence-corrected chi connectivity index (χ3v) is 5.34. The molecule has 6 nitrogen and oxygen atoms in total. The molecular formula is C18H11Br2ClN2O4. The van der Waals surface area contributed by atoms with Crippen molar-refractivity contribution in [2.75, 3.05) is 4.90 Å². The highest BCUT2D eigenvalue weighted by Gasteiger charge is 2.37. The molecule has 4 amide bonds. The van der Waals surface area contributed by atoms with Crippen molar-refractivity contribution in [3.05, 3.63) is 61.0 Å². The molecule has 2 aromatic rings. The Kier molecular flexibility index (Phi) is 5.41. The molecular weight excluding hydrogens is 503 g/mol. The van der Waals surface area contributed by atoms with Crippen LogP contribution in [-0.2, 0) is 9.59 Å². The zero-order valence-corrected chi connectivity index (χ0v) is 17.6. The largest absolute Gasteiger partial charge is 0.506 e. The number of aromatic hydroxyl groups is 1. The lowest BCUT2D eigenvalue weighted by Crippen LogP contribution is -2.54. The van der Waals surface area contributed by atoms with Crippen molar-refractivity contribution in [2.45, 2.75) is 6.92 Å². The molecule has 3 rings (SSSR count). The van der Waals surface area contributed by atoms with E-state index in [-0.39, 0.29) is 22.6 Å². The first-order valence-corrected chi connectivity index (χ1v) is 9.51. The van der Waals surface area contributed by atoms with Crippen molar-refractivity contribution in [3.8, 4) is 5.75 Å². The van der Waals surface area contributed by atoms with Gasteiger partial charge in [0.15, 0.2) is 0 Å². The quantitative estimate of drug-likeness (QED) is 0.455. The average molecular weight is 515 g/mol. The number of nitrogens with one attached hydrogen (secondary N) is 1. The summed E-state index contributed by atoms with van der Waals surface area (Å²) in [6, 6.07) is 6.96. The molecule has 1 saturated heterocycles. The fourth-order valence-electron chi connectivity index (χ4n) is 2.46. The van der Waals surface area contributed by atoms with Gasteiger partial charge in [-0.05, 0) is 58.8 Å². The number of barbiturate groups is 1. The van der Waals surface area contributed by atoms with E-state index in [4.69, 9.17) is 11.6 Å². The third kappa shape index (κ3) is 3.78. The number of anilines is 1. The van der Waals surface area contributed by atoms with Crippen LogP contribution in [0.4, 0.5) is 10.5 Å². The number of hydrogen-bond donors (Lipinski definition) is 2. The van der Waals surface area contributed by atoms with Gasteiger partial charge in [0.2, 0.25) is 0 Å². The Labute approximate surface area is 176 Å². The van der Waals surface area contributed by atoms with Crippen molar-refractivity contribution >= 4 is 73.1 Å². The van der Waals surface area contributed by atoms with E-state index in [2.05, 4.69) is 37.2 Å². The Hall–Kier alpha value is -2.16. The summed E-state index contributed by atoms with van der Waals surface area (Å²) in [6.07, 6.45) is 1.22. The van der Waals surface area contributed by atoms with Crippen LogP contribution in [0.3, 0.4) is 0 Å². The lowest BCUT2D eigenvalue weighted by molar-refractivity contribution is -0.122. The number of carbonyl (C=O) groups excluding carboxylic acids is 3. The summed E-state index contributed by atoms with van der Waals surface area (Å²) in [7, 11) is 0. The van der Waals surface area contributed by atoms with Gasteiger partial charge in [-0.2, -0.15) is 0 Å². The summed E-state index contributed by atoms with van der Waals surface area (Å²) in [4.78, 5) is 38.1. The standard InChI is InChI=1S/C18H11Br2ClN2O4/c1-8-2-3-11(7-14(8)21)23-17(26)12(16(25)22-18(23)27)5-9-4-10(19)6-13(20)15(9)24/h2-7,24H,1H3,(H,22,25,27)/b12-5+. The number of carbonyl (C=O) groups is 3. The Morgan fingerprint density at radius 1 is 1.15 bits per heavy atom. The van der Waals surface area contributed by atoms with Crippen LogP contribution in [0.2, 0.25) is 5.02 Å². The number of nitrogens with zero attached hydrogens (tertiary/aromatic N) is 1. The van der Waals surface area contributed by atoms with Crippen LogP contribution < -0.4 is 10.2 Å². The second-order valence-electron chi connectivity index (χ2n) is 5.72. The second-order valence-corrected chi connectivity index (χ2v) is 7.89. The van der Waals surface area contributed by atoms with Gasteiger partial charge >= 0.3 is 6.03 Å². The zero-order valence-electron chi connectivity index (χ0n) is 13.7. The van der Waals surface area contributed by atoms with Gasteiger partial charge in [-0.3, -0.25) is 14.9 Å². The summed E-state index contributed by atoms with van der Waals surface area (Å²) in [5.41, 5.74) is 0.935. The number of imide groups is 2. The van der Waals surface area contributed by atoms with Crippen molar-refractivity contribution in [1.82, 2.24) is 5.32 Å². The van der Waals surface area contributed by atoms with E-state index in [1.807, 2.05) is 0 Å². The molecule has 0 saturated carbocycles.